The first kappa shape index (κ1) is 34.3. The molecule has 4 saturated carbocycles. The summed E-state index contributed by atoms with van der Waals surface area (Å²) >= 11 is 0. The number of hydrogen-bond donors (Lipinski definition) is 2. The van der Waals surface area contributed by atoms with Crippen LogP contribution in [0.3, 0.4) is 0 Å². The molecule has 0 radical (unpaired) electrons. The highest BCUT2D eigenvalue weighted by molar-refractivity contribution is 5.90. The first-order valence-corrected chi connectivity index (χ1v) is 16.4. The van der Waals surface area contributed by atoms with E-state index in [1.54, 1.807) is 13.2 Å². The topological polar surface area (TPSA) is 129 Å². The molecule has 2 N–H and O–H groups in total. The SMILES string of the molecule is C=C[C@]1(C)C[C@@H](OC(=O)NC(=O)OC2CCC(NC(=O)OC(C)(C)C)CC2)[C@]2(C)C(C)CC[C@]3(CC[C@@H](OC)C32)[C@@H](C)C1=O. The van der Waals surface area contributed by atoms with Gasteiger partial charge in [-0.1, -0.05) is 26.8 Å². The Hall–Kier alpha value is -2.62. The fourth-order valence-electron chi connectivity index (χ4n) is 9.02. The van der Waals surface area contributed by atoms with Crippen LogP contribution in [-0.4, -0.2) is 61.1 Å². The second kappa shape index (κ2) is 12.6. The van der Waals surface area contributed by atoms with E-state index in [2.05, 4.69) is 38.0 Å². The summed E-state index contributed by atoms with van der Waals surface area (Å²) in [7, 11) is 1.73. The number of carbonyl (C=O) groups is 4. The third-order valence-corrected chi connectivity index (χ3v) is 11.7. The first-order chi connectivity index (χ1) is 20.5. The summed E-state index contributed by atoms with van der Waals surface area (Å²) in [5, 5.41) is 5.15. The van der Waals surface area contributed by atoms with Gasteiger partial charge in [-0.2, -0.15) is 0 Å². The lowest BCUT2D eigenvalue weighted by Gasteiger charge is -2.61. The van der Waals surface area contributed by atoms with Crippen LogP contribution >= 0.6 is 0 Å². The van der Waals surface area contributed by atoms with Crippen LogP contribution in [0.25, 0.3) is 0 Å². The van der Waals surface area contributed by atoms with Crippen molar-refractivity contribution in [1.29, 1.82) is 0 Å². The van der Waals surface area contributed by atoms with E-state index in [4.69, 9.17) is 18.9 Å². The van der Waals surface area contributed by atoms with E-state index >= 15 is 0 Å². The van der Waals surface area contributed by atoms with Crippen molar-refractivity contribution in [2.45, 2.75) is 136 Å². The number of methoxy groups -OCH3 is 1. The standard InChI is InChI=1S/C34H54N2O8/c1-10-32(7)19-25(33(8)20(2)15-17-34(21(3)27(32)37)18-16-24(41-9)26(33)34)43-29(39)36-28(38)42-23-13-11-22(12-14-23)35-30(40)44-31(4,5)6/h10,20-26H,1,11-19H2,2-9H3,(H,35,40)(H,36,38,39)/t20?,21-,22?,23?,24+,25+,26?,32+,33-,34-/m0/s1. The number of nitrogens with one attached hydrogen (secondary N) is 2. The molecule has 0 saturated heterocycles. The minimum atomic E-state index is -0.891. The van der Waals surface area contributed by atoms with Crippen LogP contribution < -0.4 is 10.6 Å². The minimum absolute atomic E-state index is 0.0197. The minimum Gasteiger partial charge on any atom is -0.446 e. The van der Waals surface area contributed by atoms with Gasteiger partial charge in [0, 0.05) is 42.2 Å². The van der Waals surface area contributed by atoms with Gasteiger partial charge < -0.3 is 24.3 Å². The third-order valence-electron chi connectivity index (χ3n) is 11.7. The number of ether oxygens (including phenoxy) is 4. The average molecular weight is 619 g/mol. The van der Waals surface area contributed by atoms with Crippen LogP contribution in [0.1, 0.15) is 106 Å². The molecule has 0 aromatic heterocycles. The number of amides is 3. The highest BCUT2D eigenvalue weighted by atomic mass is 16.6. The van der Waals surface area contributed by atoms with Crippen molar-refractivity contribution < 1.29 is 38.1 Å². The van der Waals surface area contributed by atoms with Gasteiger partial charge in [-0.05, 0) is 90.4 Å². The Balaban J connectivity index is 1.44. The van der Waals surface area contributed by atoms with E-state index in [9.17, 15) is 19.2 Å². The number of hydrogen-bond acceptors (Lipinski definition) is 8. The summed E-state index contributed by atoms with van der Waals surface area (Å²) in [6, 6.07) is -0.0708. The van der Waals surface area contributed by atoms with Crippen molar-refractivity contribution in [2.75, 3.05) is 7.11 Å². The molecule has 10 nitrogen and oxygen atoms in total. The van der Waals surface area contributed by atoms with E-state index in [1.165, 1.54) is 0 Å². The molecule has 0 aromatic carbocycles. The summed E-state index contributed by atoms with van der Waals surface area (Å²) in [4.78, 5) is 52.3. The molecule has 0 aliphatic heterocycles. The number of ketones is 1. The van der Waals surface area contributed by atoms with Crippen molar-refractivity contribution in [3.8, 4) is 0 Å². The molecule has 2 unspecified atom stereocenters. The molecule has 10 heteroatoms. The van der Waals surface area contributed by atoms with Gasteiger partial charge in [0.15, 0.2) is 0 Å². The molecule has 3 amide bonds. The number of alkyl carbamates (subject to hydrolysis) is 3. The maximum atomic E-state index is 14.1. The molecule has 0 aromatic rings. The van der Waals surface area contributed by atoms with Crippen LogP contribution in [-0.2, 0) is 23.7 Å². The molecule has 8 atom stereocenters. The van der Waals surface area contributed by atoms with Crippen LogP contribution in [0.2, 0.25) is 0 Å². The Morgan fingerprint density at radius 2 is 1.55 bits per heavy atom. The lowest BCUT2D eigenvalue weighted by molar-refractivity contribution is -0.188. The van der Waals surface area contributed by atoms with Gasteiger partial charge in [-0.15, -0.1) is 6.58 Å². The van der Waals surface area contributed by atoms with Crippen LogP contribution in [0.15, 0.2) is 12.7 Å². The summed E-state index contributed by atoms with van der Waals surface area (Å²) in [6.07, 6.45) is 4.58. The lowest BCUT2D eigenvalue weighted by atomic mass is 9.44. The van der Waals surface area contributed by atoms with E-state index in [-0.39, 0.29) is 53.6 Å². The molecular formula is C34H54N2O8. The second-order valence-electron chi connectivity index (χ2n) is 15.3. The zero-order valence-electron chi connectivity index (χ0n) is 28.0. The van der Waals surface area contributed by atoms with Crippen LogP contribution in [0, 0.1) is 34.0 Å². The Morgan fingerprint density at radius 3 is 2.14 bits per heavy atom. The molecular weight excluding hydrogens is 564 g/mol. The lowest BCUT2D eigenvalue weighted by Crippen LogP contribution is -2.63. The van der Waals surface area contributed by atoms with Gasteiger partial charge in [0.1, 0.15) is 23.6 Å². The number of imide groups is 1. The predicted molar refractivity (Wildman–Crippen MR) is 165 cm³/mol. The van der Waals surface area contributed by atoms with Crippen molar-refractivity contribution in [1.82, 2.24) is 10.6 Å². The van der Waals surface area contributed by atoms with Gasteiger partial charge in [0.25, 0.3) is 0 Å². The normalized spacial score (nSPS) is 40.5. The fraction of sp³-hybridized carbons (Fsp3) is 0.824. The Labute approximate surface area is 262 Å². The van der Waals surface area contributed by atoms with E-state index < -0.39 is 40.8 Å². The van der Waals surface area contributed by atoms with Gasteiger partial charge in [0.05, 0.1) is 6.10 Å². The maximum absolute atomic E-state index is 14.1. The smallest absolute Gasteiger partial charge is 0.416 e. The molecule has 248 valence electrons. The monoisotopic (exact) mass is 618 g/mol. The van der Waals surface area contributed by atoms with Crippen molar-refractivity contribution >= 4 is 24.1 Å². The van der Waals surface area contributed by atoms with Gasteiger partial charge in [-0.3, -0.25) is 4.79 Å². The summed E-state index contributed by atoms with van der Waals surface area (Å²) < 4.78 is 23.1. The summed E-state index contributed by atoms with van der Waals surface area (Å²) in [5.41, 5.74) is -2.21. The summed E-state index contributed by atoms with van der Waals surface area (Å²) in [6.45, 7) is 17.8. The Bertz CT molecular complexity index is 1130. The van der Waals surface area contributed by atoms with Crippen molar-refractivity contribution in [3.05, 3.63) is 12.7 Å². The third kappa shape index (κ3) is 6.51. The molecule has 4 rings (SSSR count). The van der Waals surface area contributed by atoms with Gasteiger partial charge >= 0.3 is 18.3 Å². The van der Waals surface area contributed by atoms with E-state index in [1.807, 2.05) is 27.7 Å². The van der Waals surface area contributed by atoms with Gasteiger partial charge in [0.2, 0.25) is 0 Å². The number of carbonyl (C=O) groups excluding carboxylic acids is 4. The largest absolute Gasteiger partial charge is 0.446 e. The van der Waals surface area contributed by atoms with Crippen LogP contribution in [0.4, 0.5) is 14.4 Å². The molecule has 2 bridgehead atoms. The number of allylic oxidation sites excluding steroid dienone is 1. The van der Waals surface area contributed by atoms with Crippen LogP contribution in [0.5, 0.6) is 0 Å². The zero-order chi connectivity index (χ0) is 32.7. The van der Waals surface area contributed by atoms with Crippen molar-refractivity contribution in [3.63, 3.8) is 0 Å². The number of rotatable bonds is 5. The molecule has 0 heterocycles. The summed E-state index contributed by atoms with van der Waals surface area (Å²) in [5.74, 6) is 0.157. The maximum Gasteiger partial charge on any atom is 0.416 e. The molecule has 0 spiro atoms. The van der Waals surface area contributed by atoms with E-state index in [0.717, 1.165) is 25.7 Å². The Kier molecular flexibility index (Phi) is 9.84. The predicted octanol–water partition coefficient (Wildman–Crippen LogP) is 6.70. The van der Waals surface area contributed by atoms with Crippen molar-refractivity contribution in [2.24, 2.45) is 34.0 Å². The highest BCUT2D eigenvalue weighted by Crippen LogP contribution is 2.68. The average Bonchev–Trinajstić information content (AvgIpc) is 3.34. The molecule has 4 aliphatic carbocycles. The second-order valence-corrected chi connectivity index (χ2v) is 15.3. The fourth-order valence-corrected chi connectivity index (χ4v) is 9.02. The molecule has 44 heavy (non-hydrogen) atoms. The highest BCUT2D eigenvalue weighted by Gasteiger charge is 2.68. The van der Waals surface area contributed by atoms with Gasteiger partial charge in [-0.25, -0.2) is 19.7 Å². The Morgan fingerprint density at radius 1 is 0.932 bits per heavy atom. The zero-order valence-corrected chi connectivity index (χ0v) is 28.0. The number of Topliss-reactive ketones (excluding diaryl/α,β-unsaturated/α-hetero) is 1. The van der Waals surface area contributed by atoms with E-state index in [0.29, 0.717) is 25.7 Å². The first-order valence-electron chi connectivity index (χ1n) is 16.4. The molecule has 4 aliphatic rings. The quantitative estimate of drug-likeness (QED) is 0.257. The molecule has 4 fully saturated rings.